The van der Waals surface area contributed by atoms with Gasteiger partial charge in [-0.15, -0.1) is 0 Å². The first-order valence-corrected chi connectivity index (χ1v) is 21.2. The summed E-state index contributed by atoms with van der Waals surface area (Å²) in [5.41, 5.74) is 4.91. The Morgan fingerprint density at radius 1 is 1.15 bits per heavy atom. The second-order valence-electron chi connectivity index (χ2n) is 16.2. The highest BCUT2D eigenvalue weighted by molar-refractivity contribution is 7.95. The molecule has 3 aliphatic heterocycles. The number of allylic oxidation sites excluding steroid dienone is 1. The highest BCUT2D eigenvalue weighted by Crippen LogP contribution is 2.47. The lowest BCUT2D eigenvalue weighted by Gasteiger charge is -2.46. The van der Waals surface area contributed by atoms with Crippen LogP contribution in [0.4, 0.5) is 10.1 Å². The Morgan fingerprint density at radius 2 is 2.00 bits per heavy atom. The molecule has 9 nitrogen and oxygen atoms in total. The van der Waals surface area contributed by atoms with Crippen LogP contribution in [0.3, 0.4) is 0 Å². The molecule has 9 atom stereocenters. The Kier molecular flexibility index (Phi) is 11.5. The number of hydrogen-bond donors (Lipinski definition) is 0. The number of alkyl halides is 1. The number of benzene rings is 2. The predicted molar refractivity (Wildman–Crippen MR) is 204 cm³/mol. The Morgan fingerprint density at radius 3 is 2.77 bits per heavy atom. The molecule has 2 bridgehead atoms. The van der Waals surface area contributed by atoms with Gasteiger partial charge >= 0.3 is 0 Å². The van der Waals surface area contributed by atoms with E-state index in [9.17, 15) is 18.2 Å². The molecule has 2 aromatic carbocycles. The van der Waals surface area contributed by atoms with Crippen LogP contribution in [0, 0.1) is 24.7 Å². The lowest BCUT2D eigenvalue weighted by molar-refractivity contribution is -0.130. The summed E-state index contributed by atoms with van der Waals surface area (Å²) in [7, 11) is -1.65. The van der Waals surface area contributed by atoms with Crippen molar-refractivity contribution >= 4 is 27.1 Å². The first kappa shape index (κ1) is 38.2. The smallest absolute Gasteiger partial charge is 0.285 e. The minimum atomic E-state index is -3.42. The summed E-state index contributed by atoms with van der Waals surface area (Å²) in [6, 6.07) is 12.2. The SMILES string of the molecule is CO[C@H]1/C=C/C[C@H](C)[C@@H](C)[S@@](=O)(CC(=O)CO[C@H]2CCOC[C@H]2F)=NC(=O)c2ccc3c(c2)N(C[C@@H]2CC[C@H]21)C[C@@]1(CCCc2cc(C)ccc21)CO3. The van der Waals surface area contributed by atoms with Crippen molar-refractivity contribution < 1.29 is 37.1 Å². The zero-order valence-electron chi connectivity index (χ0n) is 31.6. The van der Waals surface area contributed by atoms with E-state index < -0.39 is 51.3 Å². The number of ketones is 1. The van der Waals surface area contributed by atoms with Crippen molar-refractivity contribution in [1.82, 2.24) is 0 Å². The number of nitrogens with zero attached hydrogens (tertiary/aromatic N) is 2. The van der Waals surface area contributed by atoms with E-state index in [2.05, 4.69) is 46.5 Å². The number of fused-ring (bicyclic) bond motifs is 4. The molecule has 1 saturated carbocycles. The van der Waals surface area contributed by atoms with Crippen molar-refractivity contribution in [2.45, 2.75) is 94.8 Å². The number of carbonyl (C=O) groups excluding carboxylic acids is 2. The molecule has 1 saturated heterocycles. The van der Waals surface area contributed by atoms with Gasteiger partial charge in [0.2, 0.25) is 0 Å². The molecule has 2 aliphatic carbocycles. The Bertz CT molecular complexity index is 1840. The first-order chi connectivity index (χ1) is 25.5. The summed E-state index contributed by atoms with van der Waals surface area (Å²) in [6.45, 7) is 7.86. The Labute approximate surface area is 314 Å². The summed E-state index contributed by atoms with van der Waals surface area (Å²) < 4.78 is 57.2. The molecule has 0 unspecified atom stereocenters. The van der Waals surface area contributed by atoms with Crippen LogP contribution in [0.2, 0.25) is 0 Å². The van der Waals surface area contributed by atoms with Crippen LogP contribution in [0.1, 0.15) is 79.4 Å². The fourth-order valence-corrected chi connectivity index (χ4v) is 11.4. The molecule has 288 valence electrons. The average Bonchev–Trinajstić information content (AvgIpc) is 3.28. The van der Waals surface area contributed by atoms with Gasteiger partial charge in [0.15, 0.2) is 5.78 Å². The number of anilines is 1. The second kappa shape index (κ2) is 15.9. The fourth-order valence-electron chi connectivity index (χ4n) is 9.11. The van der Waals surface area contributed by atoms with Gasteiger partial charge in [-0.3, -0.25) is 9.59 Å². The normalized spacial score (nSPS) is 35.2. The Balaban J connectivity index is 1.26. The van der Waals surface area contributed by atoms with Crippen LogP contribution in [-0.4, -0.2) is 91.9 Å². The maximum Gasteiger partial charge on any atom is 0.285 e. The zero-order valence-corrected chi connectivity index (χ0v) is 32.4. The quantitative estimate of drug-likeness (QED) is 0.297. The van der Waals surface area contributed by atoms with Gasteiger partial charge in [-0.05, 0) is 106 Å². The molecule has 0 N–H and O–H groups in total. The molecule has 3 heterocycles. The number of carbonyl (C=O) groups is 2. The number of amides is 1. The Hall–Kier alpha value is -3.12. The van der Waals surface area contributed by atoms with Crippen LogP contribution < -0.4 is 9.64 Å². The number of hydrogen-bond acceptors (Lipinski definition) is 8. The third-order valence-corrected chi connectivity index (χ3v) is 15.4. The summed E-state index contributed by atoms with van der Waals surface area (Å²) in [6.07, 6.45) is 8.27. The summed E-state index contributed by atoms with van der Waals surface area (Å²) in [5, 5.41) is -0.599. The van der Waals surface area contributed by atoms with Gasteiger partial charge in [0.1, 0.15) is 18.5 Å². The van der Waals surface area contributed by atoms with E-state index in [1.54, 1.807) is 20.1 Å². The maximum atomic E-state index is 14.9. The van der Waals surface area contributed by atoms with E-state index in [4.69, 9.17) is 18.9 Å². The van der Waals surface area contributed by atoms with Gasteiger partial charge in [-0.2, -0.15) is 4.36 Å². The van der Waals surface area contributed by atoms with Crippen molar-refractivity contribution in [2.24, 2.45) is 22.1 Å². The van der Waals surface area contributed by atoms with Gasteiger partial charge in [0.05, 0.1) is 46.6 Å². The van der Waals surface area contributed by atoms with Crippen LogP contribution in [0.15, 0.2) is 52.9 Å². The zero-order chi connectivity index (χ0) is 37.3. The van der Waals surface area contributed by atoms with E-state index in [-0.39, 0.29) is 24.0 Å². The maximum absolute atomic E-state index is 14.9. The van der Waals surface area contributed by atoms with Crippen LogP contribution in [0.25, 0.3) is 0 Å². The molecule has 5 aliphatic rings. The minimum Gasteiger partial charge on any atom is -0.490 e. The lowest BCUT2D eigenvalue weighted by atomic mass is 9.68. The summed E-state index contributed by atoms with van der Waals surface area (Å²) >= 11 is 0. The fraction of sp³-hybridized carbons (Fsp3) is 0.619. The lowest BCUT2D eigenvalue weighted by Crippen LogP contribution is -2.49. The van der Waals surface area contributed by atoms with Gasteiger partial charge in [-0.25, -0.2) is 8.60 Å². The predicted octanol–water partition coefficient (Wildman–Crippen LogP) is 6.81. The molecule has 0 aromatic heterocycles. The molecule has 53 heavy (non-hydrogen) atoms. The van der Waals surface area contributed by atoms with E-state index in [1.807, 2.05) is 19.1 Å². The highest BCUT2D eigenvalue weighted by Gasteiger charge is 2.44. The monoisotopic (exact) mass is 750 g/mol. The van der Waals surface area contributed by atoms with Crippen LogP contribution >= 0.6 is 0 Å². The van der Waals surface area contributed by atoms with Gasteiger partial charge in [0, 0.05) is 43.0 Å². The number of methoxy groups -OCH3 is 1. The topological polar surface area (TPSA) is 104 Å². The minimum absolute atomic E-state index is 0.0654. The van der Waals surface area contributed by atoms with Gasteiger partial charge in [-0.1, -0.05) is 42.8 Å². The van der Waals surface area contributed by atoms with Crippen molar-refractivity contribution in [3.63, 3.8) is 0 Å². The molecule has 7 rings (SSSR count). The van der Waals surface area contributed by atoms with Crippen molar-refractivity contribution in [1.29, 1.82) is 0 Å². The number of Topliss-reactive ketones (excluding diaryl/α,β-unsaturated/α-hetero) is 1. The number of aryl methyl sites for hydroxylation is 2. The van der Waals surface area contributed by atoms with E-state index in [0.29, 0.717) is 49.2 Å². The van der Waals surface area contributed by atoms with Crippen molar-refractivity contribution in [3.8, 4) is 5.75 Å². The molecule has 11 heteroatoms. The summed E-state index contributed by atoms with van der Waals surface area (Å²) in [4.78, 5) is 29.9. The molecule has 1 spiro atoms. The highest BCUT2D eigenvalue weighted by atomic mass is 32.2. The number of rotatable bonds is 6. The second-order valence-corrected chi connectivity index (χ2v) is 18.8. The van der Waals surface area contributed by atoms with E-state index >= 15 is 0 Å². The van der Waals surface area contributed by atoms with Gasteiger partial charge in [0.25, 0.3) is 5.91 Å². The molecular formula is C42H55FN2O7S. The number of halogens is 1. The molecule has 2 fully saturated rings. The molecule has 1 amide bonds. The molecular weight excluding hydrogens is 696 g/mol. The standard InChI is InChI=1S/C42H55FN2O7S/c1-27-10-14-35-30(19-27)8-6-17-42(35)25-45-21-32-11-13-34(32)38(49-4)9-5-7-28(2)29(3)53(48,24-33(46)22-51-39-16-18-50-23-36(39)43)44-41(47)31-12-15-40(52-26-42)37(45)20-31/h5,9-10,12,14-15,19-20,28-29,32,34,36,38-39H,6-8,11,13,16-18,21-26H2,1-4H3/b9-5+/t28-,29+,32-,34+,36+,38-,39-,42-,53-/m0/s1. The van der Waals surface area contributed by atoms with Crippen LogP contribution in [-0.2, 0) is 40.6 Å². The third kappa shape index (κ3) is 8.00. The molecule has 2 aromatic rings. The van der Waals surface area contributed by atoms with Gasteiger partial charge < -0.3 is 23.8 Å². The van der Waals surface area contributed by atoms with Crippen molar-refractivity contribution in [2.75, 3.05) is 57.3 Å². The van der Waals surface area contributed by atoms with E-state index in [0.717, 1.165) is 50.9 Å². The largest absolute Gasteiger partial charge is 0.490 e. The van der Waals surface area contributed by atoms with Crippen molar-refractivity contribution in [3.05, 3.63) is 70.8 Å². The number of ether oxygens (including phenoxy) is 4. The average molecular weight is 751 g/mol. The molecule has 0 radical (unpaired) electrons. The summed E-state index contributed by atoms with van der Waals surface area (Å²) in [5.74, 6) is -0.274. The third-order valence-electron chi connectivity index (χ3n) is 12.6. The first-order valence-electron chi connectivity index (χ1n) is 19.4. The van der Waals surface area contributed by atoms with Crippen LogP contribution in [0.5, 0.6) is 5.75 Å². The van der Waals surface area contributed by atoms with E-state index in [1.165, 1.54) is 16.7 Å².